The number of carbonyl (C=O) groups is 1. The fourth-order valence-electron chi connectivity index (χ4n) is 2.96. The number of hydrogen-bond donors (Lipinski definition) is 2. The molecular formula is C23H31NO4. The van der Waals surface area contributed by atoms with Gasteiger partial charge in [0.2, 0.25) is 0 Å². The molecular weight excluding hydrogens is 354 g/mol. The van der Waals surface area contributed by atoms with E-state index < -0.39 is 12.0 Å². The third-order valence-corrected chi connectivity index (χ3v) is 4.51. The van der Waals surface area contributed by atoms with Gasteiger partial charge in [-0.1, -0.05) is 44.2 Å². The summed E-state index contributed by atoms with van der Waals surface area (Å²) in [6.45, 7) is 9.49. The predicted molar refractivity (Wildman–Crippen MR) is 111 cm³/mol. The van der Waals surface area contributed by atoms with E-state index in [4.69, 9.17) is 9.47 Å². The van der Waals surface area contributed by atoms with Crippen LogP contribution in [0.4, 0.5) is 0 Å². The van der Waals surface area contributed by atoms with E-state index in [1.54, 1.807) is 0 Å². The van der Waals surface area contributed by atoms with Gasteiger partial charge in [-0.3, -0.25) is 4.79 Å². The minimum Gasteiger partial charge on any atom is -0.490 e. The first kappa shape index (κ1) is 21.8. The van der Waals surface area contributed by atoms with E-state index in [9.17, 15) is 9.90 Å². The Morgan fingerprint density at radius 1 is 1.11 bits per heavy atom. The van der Waals surface area contributed by atoms with Gasteiger partial charge in [-0.2, -0.15) is 0 Å². The lowest BCUT2D eigenvalue weighted by Gasteiger charge is -2.18. The molecule has 0 aliphatic carbocycles. The van der Waals surface area contributed by atoms with Gasteiger partial charge in [0.15, 0.2) is 11.5 Å². The van der Waals surface area contributed by atoms with Crippen LogP contribution in [-0.2, 0) is 17.9 Å². The van der Waals surface area contributed by atoms with Crippen molar-refractivity contribution in [3.63, 3.8) is 0 Å². The topological polar surface area (TPSA) is 67.8 Å². The zero-order valence-electron chi connectivity index (χ0n) is 17.2. The highest BCUT2D eigenvalue weighted by atomic mass is 16.5. The number of carboxylic acid groups (broad SMARTS) is 1. The predicted octanol–water partition coefficient (Wildman–Crippen LogP) is 4.56. The molecule has 1 unspecified atom stereocenters. The Hall–Kier alpha value is -2.53. The molecule has 28 heavy (non-hydrogen) atoms. The number of aryl methyl sites for hydroxylation is 1. The number of benzene rings is 2. The van der Waals surface area contributed by atoms with Crippen LogP contribution in [0.3, 0.4) is 0 Å². The maximum absolute atomic E-state index is 11.4. The molecule has 5 nitrogen and oxygen atoms in total. The summed E-state index contributed by atoms with van der Waals surface area (Å²) in [5.41, 5.74) is 3.28. The van der Waals surface area contributed by atoms with Gasteiger partial charge in [0, 0.05) is 6.54 Å². The summed E-state index contributed by atoms with van der Waals surface area (Å²) in [5.74, 6) is 0.846. The highest BCUT2D eigenvalue weighted by molar-refractivity contribution is 5.73. The Morgan fingerprint density at radius 3 is 2.50 bits per heavy atom. The molecule has 0 aliphatic rings. The van der Waals surface area contributed by atoms with E-state index in [2.05, 4.69) is 24.4 Å². The van der Waals surface area contributed by atoms with Crippen LogP contribution in [-0.4, -0.2) is 23.7 Å². The summed E-state index contributed by atoms with van der Waals surface area (Å²) in [4.78, 5) is 11.4. The Balaban J connectivity index is 2.06. The second-order valence-electron chi connectivity index (χ2n) is 7.33. The van der Waals surface area contributed by atoms with E-state index in [0.29, 0.717) is 43.6 Å². The van der Waals surface area contributed by atoms with Crippen molar-refractivity contribution < 1.29 is 19.4 Å². The lowest BCUT2D eigenvalue weighted by atomic mass is 10.0. The normalized spacial score (nSPS) is 12.0. The van der Waals surface area contributed by atoms with Crippen LogP contribution in [0.5, 0.6) is 11.5 Å². The number of rotatable bonds is 11. The van der Waals surface area contributed by atoms with E-state index in [0.717, 1.165) is 11.1 Å². The first-order valence-electron chi connectivity index (χ1n) is 9.80. The largest absolute Gasteiger partial charge is 0.490 e. The van der Waals surface area contributed by atoms with Crippen LogP contribution in [0, 0.1) is 12.8 Å². The molecule has 0 heterocycles. The summed E-state index contributed by atoms with van der Waals surface area (Å²) in [6, 6.07) is 13.3. The molecule has 2 rings (SSSR count). The van der Waals surface area contributed by atoms with Crippen molar-refractivity contribution in [1.29, 1.82) is 0 Å². The number of hydrogen-bond acceptors (Lipinski definition) is 4. The molecule has 0 radical (unpaired) electrons. The lowest BCUT2D eigenvalue weighted by Crippen LogP contribution is -2.37. The van der Waals surface area contributed by atoms with Gasteiger partial charge >= 0.3 is 5.97 Å². The molecule has 0 saturated heterocycles. The number of aliphatic carboxylic acids is 1. The van der Waals surface area contributed by atoms with Crippen molar-refractivity contribution in [3.05, 3.63) is 59.2 Å². The van der Waals surface area contributed by atoms with Crippen LogP contribution in [0.25, 0.3) is 0 Å². The van der Waals surface area contributed by atoms with Gasteiger partial charge in [-0.05, 0) is 55.0 Å². The first-order valence-corrected chi connectivity index (χ1v) is 9.80. The van der Waals surface area contributed by atoms with Crippen molar-refractivity contribution in [2.45, 2.75) is 53.3 Å². The van der Waals surface area contributed by atoms with Crippen LogP contribution in [0.2, 0.25) is 0 Å². The van der Waals surface area contributed by atoms with Crippen molar-refractivity contribution in [1.82, 2.24) is 5.32 Å². The molecule has 0 fully saturated rings. The lowest BCUT2D eigenvalue weighted by molar-refractivity contribution is -0.140. The second kappa shape index (κ2) is 10.7. The van der Waals surface area contributed by atoms with Gasteiger partial charge in [0.05, 0.1) is 6.61 Å². The minimum atomic E-state index is -0.822. The van der Waals surface area contributed by atoms with E-state index in [1.807, 2.05) is 51.1 Å². The molecule has 0 bridgehead atoms. The molecule has 1 atom stereocenters. The fraction of sp³-hybridized carbons (Fsp3) is 0.435. The molecule has 5 heteroatoms. The summed E-state index contributed by atoms with van der Waals surface area (Å²) in [6.07, 6.45) is 0.589. The highest BCUT2D eigenvalue weighted by Gasteiger charge is 2.18. The maximum atomic E-state index is 11.4. The standard InChI is InChI=1S/C23H31NO4/c1-5-27-22-13-18(14-24-20(23(25)26)12-16(2)3)10-11-21(22)28-15-19-9-7-6-8-17(19)4/h6-11,13,16,20,24H,5,12,14-15H2,1-4H3,(H,25,26). The summed E-state index contributed by atoms with van der Waals surface area (Å²) in [7, 11) is 0. The molecule has 2 aromatic carbocycles. The van der Waals surface area contributed by atoms with Crippen molar-refractivity contribution in [2.75, 3.05) is 6.61 Å². The van der Waals surface area contributed by atoms with Crippen molar-refractivity contribution >= 4 is 5.97 Å². The summed E-state index contributed by atoms with van der Waals surface area (Å²) >= 11 is 0. The molecule has 0 spiro atoms. The average Bonchev–Trinajstić information content (AvgIpc) is 2.65. The summed E-state index contributed by atoms with van der Waals surface area (Å²) in [5, 5.41) is 12.5. The monoisotopic (exact) mass is 385 g/mol. The van der Waals surface area contributed by atoms with Crippen molar-refractivity contribution in [3.8, 4) is 11.5 Å². The van der Waals surface area contributed by atoms with Crippen LogP contribution >= 0.6 is 0 Å². The zero-order valence-corrected chi connectivity index (χ0v) is 17.2. The molecule has 0 saturated carbocycles. The quantitative estimate of drug-likeness (QED) is 0.593. The molecule has 2 aromatic rings. The third kappa shape index (κ3) is 6.57. The van der Waals surface area contributed by atoms with Gasteiger partial charge in [0.25, 0.3) is 0 Å². The second-order valence-corrected chi connectivity index (χ2v) is 7.33. The number of nitrogens with one attached hydrogen (secondary N) is 1. The average molecular weight is 386 g/mol. The molecule has 0 aliphatic heterocycles. The highest BCUT2D eigenvalue weighted by Crippen LogP contribution is 2.29. The van der Waals surface area contributed by atoms with Gasteiger partial charge in [-0.15, -0.1) is 0 Å². The molecule has 0 amide bonds. The van der Waals surface area contributed by atoms with Crippen LogP contribution < -0.4 is 14.8 Å². The fourth-order valence-corrected chi connectivity index (χ4v) is 2.96. The molecule has 2 N–H and O–H groups in total. The maximum Gasteiger partial charge on any atom is 0.320 e. The van der Waals surface area contributed by atoms with Gasteiger partial charge < -0.3 is 19.9 Å². The Morgan fingerprint density at radius 2 is 1.86 bits per heavy atom. The number of carboxylic acids is 1. The SMILES string of the molecule is CCOc1cc(CNC(CC(C)C)C(=O)O)ccc1OCc1ccccc1C. The Kier molecular flexibility index (Phi) is 8.33. The van der Waals surface area contributed by atoms with Gasteiger partial charge in [-0.25, -0.2) is 0 Å². The first-order chi connectivity index (χ1) is 13.4. The van der Waals surface area contributed by atoms with E-state index in [-0.39, 0.29) is 0 Å². The van der Waals surface area contributed by atoms with E-state index in [1.165, 1.54) is 5.56 Å². The minimum absolute atomic E-state index is 0.310. The molecule has 152 valence electrons. The molecule has 0 aromatic heterocycles. The van der Waals surface area contributed by atoms with Crippen LogP contribution in [0.15, 0.2) is 42.5 Å². The van der Waals surface area contributed by atoms with Crippen LogP contribution in [0.1, 0.15) is 43.9 Å². The summed E-state index contributed by atoms with van der Waals surface area (Å²) < 4.78 is 11.7. The third-order valence-electron chi connectivity index (χ3n) is 4.51. The van der Waals surface area contributed by atoms with Crippen molar-refractivity contribution in [2.24, 2.45) is 5.92 Å². The number of ether oxygens (including phenoxy) is 2. The Bertz CT molecular complexity index is 773. The van der Waals surface area contributed by atoms with E-state index >= 15 is 0 Å². The zero-order chi connectivity index (χ0) is 20.5. The smallest absolute Gasteiger partial charge is 0.320 e. The van der Waals surface area contributed by atoms with Gasteiger partial charge in [0.1, 0.15) is 12.6 Å². The Labute approximate surface area is 167 Å².